The zero-order valence-electron chi connectivity index (χ0n) is 22.6. The molecular weight excluding hydrogens is 516 g/mol. The van der Waals surface area contributed by atoms with Crippen LogP contribution in [-0.2, 0) is 14.4 Å². The number of carbonyl (C=O) groups excluding carboxylic acids is 3. The first kappa shape index (κ1) is 27.0. The van der Waals surface area contributed by atoms with Gasteiger partial charge in [-0.3, -0.25) is 14.4 Å². The number of halogens is 1. The molecule has 7 nitrogen and oxygen atoms in total. The van der Waals surface area contributed by atoms with Crippen LogP contribution in [0, 0.1) is 6.92 Å². The van der Waals surface area contributed by atoms with Gasteiger partial charge in [-0.15, -0.1) is 0 Å². The first-order chi connectivity index (χ1) is 18.8. The first-order valence-electron chi connectivity index (χ1n) is 13.5. The van der Waals surface area contributed by atoms with Gasteiger partial charge in [0.15, 0.2) is 29.7 Å². The van der Waals surface area contributed by atoms with Crippen molar-refractivity contribution in [1.29, 1.82) is 0 Å². The molecule has 2 aromatic carbocycles. The van der Waals surface area contributed by atoms with Crippen LogP contribution in [0.5, 0.6) is 11.5 Å². The van der Waals surface area contributed by atoms with E-state index in [1.54, 1.807) is 12.1 Å². The van der Waals surface area contributed by atoms with Crippen LogP contribution < -0.4 is 14.8 Å². The standard InChI is InChI=1S/C31H33ClN2O5/c1-4-38-26-16-19(15-21(32)31(26)39-17-27(37)33-20-13-11-18(2)12-14-20)28-29-22(7-5-9-24(29)35)34(3)23-8-6-10-25(36)30(23)28/h11-16,28H,4-10,17H2,1-3H3,(H,33,37). The van der Waals surface area contributed by atoms with Crippen LogP contribution in [0.2, 0.25) is 5.02 Å². The van der Waals surface area contributed by atoms with E-state index in [2.05, 4.69) is 10.2 Å². The molecular formula is C31H33ClN2O5. The monoisotopic (exact) mass is 548 g/mol. The van der Waals surface area contributed by atoms with E-state index in [4.69, 9.17) is 21.1 Å². The average Bonchev–Trinajstić information content (AvgIpc) is 2.91. The highest BCUT2D eigenvalue weighted by Gasteiger charge is 2.42. The van der Waals surface area contributed by atoms with E-state index in [9.17, 15) is 14.4 Å². The zero-order valence-corrected chi connectivity index (χ0v) is 23.3. The number of nitrogens with zero attached hydrogens (tertiary/aromatic N) is 1. The van der Waals surface area contributed by atoms with Crippen molar-refractivity contribution in [3.05, 3.63) is 75.1 Å². The third-order valence-electron chi connectivity index (χ3n) is 7.59. The number of amides is 1. The number of hydrogen-bond donors (Lipinski definition) is 1. The Hall–Kier alpha value is -3.58. The Morgan fingerprint density at radius 1 is 0.974 bits per heavy atom. The lowest BCUT2D eigenvalue weighted by Crippen LogP contribution is -2.37. The molecule has 39 heavy (non-hydrogen) atoms. The smallest absolute Gasteiger partial charge is 0.262 e. The summed E-state index contributed by atoms with van der Waals surface area (Å²) in [5, 5.41) is 3.07. The Kier molecular flexibility index (Phi) is 7.80. The molecule has 2 aromatic rings. The van der Waals surface area contributed by atoms with Crippen LogP contribution in [0.4, 0.5) is 5.69 Å². The van der Waals surface area contributed by atoms with Gasteiger partial charge >= 0.3 is 0 Å². The van der Waals surface area contributed by atoms with Gasteiger partial charge in [0.05, 0.1) is 11.6 Å². The fraction of sp³-hybridized carbons (Fsp3) is 0.387. The van der Waals surface area contributed by atoms with E-state index in [0.717, 1.165) is 48.2 Å². The molecule has 0 saturated heterocycles. The average molecular weight is 549 g/mol. The van der Waals surface area contributed by atoms with Crippen molar-refractivity contribution in [2.45, 2.75) is 58.3 Å². The third kappa shape index (κ3) is 5.33. The quantitative estimate of drug-likeness (QED) is 0.449. The largest absolute Gasteiger partial charge is 0.490 e. The van der Waals surface area contributed by atoms with Crippen LogP contribution in [0.15, 0.2) is 58.9 Å². The van der Waals surface area contributed by atoms with Crippen LogP contribution in [0.25, 0.3) is 0 Å². The second-order valence-electron chi connectivity index (χ2n) is 10.2. The second-order valence-corrected chi connectivity index (χ2v) is 10.6. The van der Waals surface area contributed by atoms with Gasteiger partial charge in [-0.2, -0.15) is 0 Å². The minimum atomic E-state index is -0.498. The normalized spacial score (nSPS) is 17.7. The van der Waals surface area contributed by atoms with Crippen LogP contribution >= 0.6 is 11.6 Å². The van der Waals surface area contributed by atoms with Crippen molar-refractivity contribution < 1.29 is 23.9 Å². The highest BCUT2D eigenvalue weighted by molar-refractivity contribution is 6.32. The fourth-order valence-electron chi connectivity index (χ4n) is 5.82. The Morgan fingerprint density at radius 3 is 2.18 bits per heavy atom. The van der Waals surface area contributed by atoms with Crippen LogP contribution in [-0.4, -0.2) is 42.6 Å². The second kappa shape index (κ2) is 11.3. The molecule has 0 radical (unpaired) electrons. The highest BCUT2D eigenvalue weighted by Crippen LogP contribution is 2.50. The number of nitrogens with one attached hydrogen (secondary N) is 1. The summed E-state index contributed by atoms with van der Waals surface area (Å²) >= 11 is 6.75. The molecule has 3 aliphatic rings. The maximum atomic E-state index is 13.3. The minimum Gasteiger partial charge on any atom is -0.490 e. The number of benzene rings is 2. The number of ether oxygens (including phenoxy) is 2. The maximum absolute atomic E-state index is 13.3. The molecule has 0 aromatic heterocycles. The Balaban J connectivity index is 1.49. The number of rotatable bonds is 7. The lowest BCUT2D eigenvalue weighted by molar-refractivity contribution is -0.118. The van der Waals surface area contributed by atoms with E-state index >= 15 is 0 Å². The van der Waals surface area contributed by atoms with Gasteiger partial charge in [0.2, 0.25) is 0 Å². The molecule has 1 heterocycles. The SMILES string of the molecule is CCOc1cc(C2C3=C(CCCC3=O)N(C)C3=C2C(=O)CCC3)cc(Cl)c1OCC(=O)Nc1ccc(C)cc1. The number of allylic oxidation sites excluding steroid dienone is 4. The summed E-state index contributed by atoms with van der Waals surface area (Å²) in [7, 11) is 1.97. The maximum Gasteiger partial charge on any atom is 0.262 e. The molecule has 2 aliphatic carbocycles. The van der Waals surface area contributed by atoms with Crippen molar-refractivity contribution in [3.8, 4) is 11.5 Å². The van der Waals surface area contributed by atoms with Gasteiger partial charge in [0.1, 0.15) is 0 Å². The van der Waals surface area contributed by atoms with E-state index < -0.39 is 5.92 Å². The summed E-state index contributed by atoms with van der Waals surface area (Å²) in [6, 6.07) is 11.0. The minimum absolute atomic E-state index is 0.0696. The molecule has 1 aliphatic heterocycles. The van der Waals surface area contributed by atoms with Crippen molar-refractivity contribution in [2.24, 2.45) is 0 Å². The predicted octanol–water partition coefficient (Wildman–Crippen LogP) is 6.11. The van der Waals surface area contributed by atoms with Crippen molar-refractivity contribution >= 4 is 34.8 Å². The van der Waals surface area contributed by atoms with Gasteiger partial charge in [-0.25, -0.2) is 0 Å². The Bertz CT molecular complexity index is 1350. The van der Waals surface area contributed by atoms with Crippen molar-refractivity contribution in [3.63, 3.8) is 0 Å². The Morgan fingerprint density at radius 2 is 1.59 bits per heavy atom. The van der Waals surface area contributed by atoms with Crippen molar-refractivity contribution in [1.82, 2.24) is 4.90 Å². The molecule has 1 N–H and O–H groups in total. The molecule has 0 bridgehead atoms. The summed E-state index contributed by atoms with van der Waals surface area (Å²) < 4.78 is 11.8. The van der Waals surface area contributed by atoms with Crippen LogP contribution in [0.3, 0.4) is 0 Å². The van der Waals surface area contributed by atoms with Gasteiger partial charge < -0.3 is 19.7 Å². The van der Waals surface area contributed by atoms with Gasteiger partial charge in [-0.05, 0) is 69.4 Å². The number of aryl methyl sites for hydroxylation is 1. The lowest BCUT2D eigenvalue weighted by atomic mass is 9.71. The van der Waals surface area contributed by atoms with E-state index in [-0.39, 0.29) is 34.9 Å². The molecule has 8 heteroatoms. The van der Waals surface area contributed by atoms with Gasteiger partial charge in [0, 0.05) is 54.0 Å². The zero-order chi connectivity index (χ0) is 27.7. The third-order valence-corrected chi connectivity index (χ3v) is 7.87. The highest BCUT2D eigenvalue weighted by atomic mass is 35.5. The van der Waals surface area contributed by atoms with Crippen molar-refractivity contribution in [2.75, 3.05) is 25.6 Å². The summed E-state index contributed by atoms with van der Waals surface area (Å²) in [5.41, 5.74) is 5.84. The molecule has 1 amide bonds. The van der Waals surface area contributed by atoms with E-state index in [0.29, 0.717) is 42.0 Å². The first-order valence-corrected chi connectivity index (χ1v) is 13.9. The molecule has 5 rings (SSSR count). The lowest BCUT2D eigenvalue weighted by Gasteiger charge is -2.42. The molecule has 0 spiro atoms. The molecule has 0 unspecified atom stereocenters. The molecule has 0 fully saturated rings. The number of hydrogen-bond acceptors (Lipinski definition) is 6. The molecule has 0 atom stereocenters. The van der Waals surface area contributed by atoms with Gasteiger partial charge in [-0.1, -0.05) is 29.3 Å². The summed E-state index contributed by atoms with van der Waals surface area (Å²) in [4.78, 5) is 41.2. The predicted molar refractivity (Wildman–Crippen MR) is 150 cm³/mol. The summed E-state index contributed by atoms with van der Waals surface area (Å²) in [5.74, 6) is -0.0646. The summed E-state index contributed by atoms with van der Waals surface area (Å²) in [6.45, 7) is 3.91. The summed E-state index contributed by atoms with van der Waals surface area (Å²) in [6.07, 6.45) is 4.11. The number of carbonyl (C=O) groups is 3. The molecule has 204 valence electrons. The van der Waals surface area contributed by atoms with Gasteiger partial charge in [0.25, 0.3) is 5.91 Å². The fourth-order valence-corrected chi connectivity index (χ4v) is 6.09. The number of anilines is 1. The topological polar surface area (TPSA) is 84.9 Å². The van der Waals surface area contributed by atoms with E-state index in [1.165, 1.54) is 0 Å². The Labute approximate surface area is 233 Å². The number of ketones is 2. The number of Topliss-reactive ketones (excluding diaryl/α,β-unsaturated/α-hetero) is 2. The molecule has 0 saturated carbocycles. The van der Waals surface area contributed by atoms with Crippen LogP contribution in [0.1, 0.15) is 62.5 Å². The van der Waals surface area contributed by atoms with E-state index in [1.807, 2.05) is 45.2 Å².